The smallest absolute Gasteiger partial charge is 0.305 e. The van der Waals surface area contributed by atoms with Crippen LogP contribution in [-0.2, 0) is 9.53 Å². The minimum atomic E-state index is -2.06. The summed E-state index contributed by atoms with van der Waals surface area (Å²) in [7, 11) is -2.66. The van der Waals surface area contributed by atoms with Crippen molar-refractivity contribution in [1.82, 2.24) is 0 Å². The van der Waals surface area contributed by atoms with Crippen LogP contribution in [0.3, 0.4) is 0 Å². The largest absolute Gasteiger partial charge is 0.541 e. The van der Waals surface area contributed by atoms with E-state index in [2.05, 4.69) is 134 Å². The van der Waals surface area contributed by atoms with Gasteiger partial charge < -0.3 is 13.6 Å². The number of hydrogen-bond donors (Lipinski definition) is 0. The van der Waals surface area contributed by atoms with Gasteiger partial charge in [-0.3, -0.25) is 4.79 Å². The van der Waals surface area contributed by atoms with Crippen molar-refractivity contribution in [2.45, 2.75) is 103 Å². The van der Waals surface area contributed by atoms with E-state index in [-0.39, 0.29) is 16.0 Å². The van der Waals surface area contributed by atoms with E-state index in [9.17, 15) is 4.79 Å². The number of benzene rings is 2. The SMILES string of the molecule is COC(=O)CCCCC=Cc1cccc(C=Cc2ccc(O[Si](C)(C)C(C)(C)C)c(O[Si](C)(C)C(C)(C)C)c2)c1. The number of unbranched alkanes of at least 4 members (excludes halogenated alkanes) is 2. The Morgan fingerprint density at radius 3 is 1.80 bits per heavy atom. The number of methoxy groups -OCH3 is 1. The molecule has 0 aromatic heterocycles. The molecule has 0 aliphatic heterocycles. The highest BCUT2D eigenvalue weighted by molar-refractivity contribution is 6.75. The van der Waals surface area contributed by atoms with Crippen LogP contribution in [-0.4, -0.2) is 29.7 Å². The predicted molar refractivity (Wildman–Crippen MR) is 177 cm³/mol. The summed E-state index contributed by atoms with van der Waals surface area (Å²) in [6, 6.07) is 14.8. The Kier molecular flexibility index (Phi) is 11.7. The maximum atomic E-state index is 11.2. The molecule has 0 N–H and O–H groups in total. The Morgan fingerprint density at radius 1 is 0.725 bits per heavy atom. The second-order valence-corrected chi connectivity index (χ2v) is 23.1. The van der Waals surface area contributed by atoms with Gasteiger partial charge in [0.1, 0.15) is 11.5 Å². The fraction of sp³-hybridized carbons (Fsp3) is 0.500. The minimum Gasteiger partial charge on any atom is -0.541 e. The number of carbonyl (C=O) groups excluding carboxylic acids is 1. The van der Waals surface area contributed by atoms with Crippen LogP contribution in [0.1, 0.15) is 83.9 Å². The van der Waals surface area contributed by atoms with Gasteiger partial charge in [0.05, 0.1) is 7.11 Å². The van der Waals surface area contributed by atoms with E-state index in [0.717, 1.165) is 47.5 Å². The van der Waals surface area contributed by atoms with E-state index < -0.39 is 16.6 Å². The van der Waals surface area contributed by atoms with Crippen molar-refractivity contribution in [1.29, 1.82) is 0 Å². The molecule has 2 rings (SSSR count). The molecule has 0 saturated carbocycles. The average molecular weight is 581 g/mol. The highest BCUT2D eigenvalue weighted by atomic mass is 28.4. The first-order chi connectivity index (χ1) is 18.4. The molecular formula is C34H52O4Si2. The number of esters is 1. The molecular weight excluding hydrogens is 529 g/mol. The molecule has 0 spiro atoms. The lowest BCUT2D eigenvalue weighted by atomic mass is 10.1. The Hall–Kier alpha value is -2.58. The molecule has 0 amide bonds. The van der Waals surface area contributed by atoms with Gasteiger partial charge in [-0.25, -0.2) is 0 Å². The number of hydrogen-bond acceptors (Lipinski definition) is 4. The summed E-state index contributed by atoms with van der Waals surface area (Å²) in [5, 5.41) is 0.185. The molecule has 4 nitrogen and oxygen atoms in total. The van der Waals surface area contributed by atoms with E-state index >= 15 is 0 Å². The molecule has 0 radical (unpaired) electrons. The monoisotopic (exact) mass is 580 g/mol. The summed E-state index contributed by atoms with van der Waals surface area (Å²) in [5.41, 5.74) is 3.39. The van der Waals surface area contributed by atoms with E-state index in [1.807, 2.05) is 0 Å². The zero-order chi connectivity index (χ0) is 30.2. The van der Waals surface area contributed by atoms with Gasteiger partial charge in [-0.05, 0) is 90.4 Å². The third-order valence-corrected chi connectivity index (χ3v) is 16.9. The quantitative estimate of drug-likeness (QED) is 0.108. The summed E-state index contributed by atoms with van der Waals surface area (Å²) in [6.07, 6.45) is 11.9. The highest BCUT2D eigenvalue weighted by Gasteiger charge is 2.42. The molecule has 0 fully saturated rings. The molecule has 0 heterocycles. The van der Waals surface area contributed by atoms with E-state index in [4.69, 9.17) is 13.6 Å². The molecule has 6 heteroatoms. The van der Waals surface area contributed by atoms with E-state index in [0.29, 0.717) is 6.42 Å². The molecule has 0 aliphatic carbocycles. The van der Waals surface area contributed by atoms with Crippen LogP contribution in [0.4, 0.5) is 0 Å². The summed E-state index contributed by atoms with van der Waals surface area (Å²) in [4.78, 5) is 11.2. The fourth-order valence-corrected chi connectivity index (χ4v) is 5.50. The number of allylic oxidation sites excluding steroid dienone is 1. The minimum absolute atomic E-state index is 0.0857. The zero-order valence-corrected chi connectivity index (χ0v) is 28.8. The molecule has 2 aromatic carbocycles. The Morgan fingerprint density at radius 2 is 1.25 bits per heavy atom. The Bertz CT molecular complexity index is 1180. The first-order valence-corrected chi connectivity index (χ1v) is 20.3. The summed E-state index contributed by atoms with van der Waals surface area (Å²) in [5.74, 6) is 1.56. The molecule has 220 valence electrons. The van der Waals surface area contributed by atoms with Crippen molar-refractivity contribution < 1.29 is 18.4 Å². The Balaban J connectivity index is 2.24. The molecule has 0 bridgehead atoms. The summed E-state index contributed by atoms with van der Waals surface area (Å²) < 4.78 is 18.3. The average Bonchev–Trinajstić information content (AvgIpc) is 2.84. The highest BCUT2D eigenvalue weighted by Crippen LogP contribution is 2.43. The third kappa shape index (κ3) is 10.1. The van der Waals surface area contributed by atoms with Crippen LogP contribution in [0.5, 0.6) is 11.5 Å². The van der Waals surface area contributed by atoms with Crippen LogP contribution in [0.15, 0.2) is 48.5 Å². The number of rotatable bonds is 12. The molecule has 0 atom stereocenters. The van der Waals surface area contributed by atoms with Crippen molar-refractivity contribution in [2.24, 2.45) is 0 Å². The van der Waals surface area contributed by atoms with E-state index in [1.54, 1.807) is 0 Å². The van der Waals surface area contributed by atoms with Crippen molar-refractivity contribution in [3.05, 3.63) is 65.2 Å². The van der Waals surface area contributed by atoms with Gasteiger partial charge in [0, 0.05) is 6.42 Å². The summed E-state index contributed by atoms with van der Waals surface area (Å²) in [6.45, 7) is 22.7. The molecule has 2 aromatic rings. The normalized spacial score (nSPS) is 13.2. The second kappa shape index (κ2) is 13.9. The lowest BCUT2D eigenvalue weighted by Gasteiger charge is -2.39. The molecule has 0 aliphatic rings. The van der Waals surface area contributed by atoms with Crippen LogP contribution >= 0.6 is 0 Å². The molecule has 40 heavy (non-hydrogen) atoms. The third-order valence-electron chi connectivity index (χ3n) is 8.23. The van der Waals surface area contributed by atoms with Gasteiger partial charge in [0.15, 0.2) is 0 Å². The van der Waals surface area contributed by atoms with Gasteiger partial charge in [0.25, 0.3) is 16.6 Å². The van der Waals surface area contributed by atoms with Crippen molar-refractivity contribution >= 4 is 40.8 Å². The fourth-order valence-electron chi connectivity index (χ4n) is 3.46. The van der Waals surface area contributed by atoms with Gasteiger partial charge in [-0.2, -0.15) is 0 Å². The molecule has 0 saturated heterocycles. The zero-order valence-electron chi connectivity index (χ0n) is 26.8. The lowest BCUT2D eigenvalue weighted by molar-refractivity contribution is -0.140. The van der Waals surface area contributed by atoms with Gasteiger partial charge in [-0.15, -0.1) is 0 Å². The summed E-state index contributed by atoms with van der Waals surface area (Å²) >= 11 is 0. The first kappa shape index (κ1) is 33.6. The van der Waals surface area contributed by atoms with E-state index in [1.165, 1.54) is 7.11 Å². The second-order valence-electron chi connectivity index (χ2n) is 13.7. The van der Waals surface area contributed by atoms with Crippen molar-refractivity contribution in [3.8, 4) is 11.5 Å². The van der Waals surface area contributed by atoms with Crippen LogP contribution in [0.25, 0.3) is 18.2 Å². The van der Waals surface area contributed by atoms with Crippen molar-refractivity contribution in [2.75, 3.05) is 7.11 Å². The number of ether oxygens (including phenoxy) is 1. The van der Waals surface area contributed by atoms with Crippen LogP contribution in [0.2, 0.25) is 36.3 Å². The topological polar surface area (TPSA) is 44.8 Å². The van der Waals surface area contributed by atoms with Gasteiger partial charge in [0.2, 0.25) is 0 Å². The maximum Gasteiger partial charge on any atom is 0.305 e. The molecule has 0 unspecified atom stereocenters. The maximum absolute atomic E-state index is 11.2. The Labute approximate surface area is 246 Å². The van der Waals surface area contributed by atoms with Crippen LogP contribution < -0.4 is 8.85 Å². The standard InChI is InChI=1S/C34H52O4Si2/c1-33(2,3)39(8,9)37-30-24-23-29(26-31(30)38-40(10,11)34(4,5)6)22-21-28-19-16-18-27(25-28)17-14-12-13-15-20-32(35)36-7/h14,16-19,21-26H,12-13,15,20H2,1-11H3. The lowest BCUT2D eigenvalue weighted by Crippen LogP contribution is -2.45. The number of carbonyl (C=O) groups is 1. The van der Waals surface area contributed by atoms with Gasteiger partial charge in [-0.1, -0.05) is 90.1 Å². The first-order valence-electron chi connectivity index (χ1n) is 14.5. The predicted octanol–water partition coefficient (Wildman–Crippen LogP) is 10.4. The van der Waals surface area contributed by atoms with Gasteiger partial charge >= 0.3 is 5.97 Å². The van der Waals surface area contributed by atoms with Crippen LogP contribution in [0, 0.1) is 0 Å². The van der Waals surface area contributed by atoms with Crippen molar-refractivity contribution in [3.63, 3.8) is 0 Å².